The monoisotopic (exact) mass is 363 g/mol. The maximum atomic E-state index is 12.3. The molecule has 25 heavy (non-hydrogen) atoms. The second-order valence-corrected chi connectivity index (χ2v) is 6.08. The Kier molecular flexibility index (Phi) is 6.15. The summed E-state index contributed by atoms with van der Waals surface area (Å²) >= 11 is 6.07. The molecule has 0 atom stereocenters. The summed E-state index contributed by atoms with van der Waals surface area (Å²) in [6, 6.07) is 7.21. The van der Waals surface area contributed by atoms with Gasteiger partial charge in [0.05, 0.1) is 24.9 Å². The maximum Gasteiger partial charge on any atom is 0.262 e. The van der Waals surface area contributed by atoms with Crippen molar-refractivity contribution in [2.45, 2.75) is 20.8 Å². The minimum atomic E-state index is -0.303. The van der Waals surface area contributed by atoms with E-state index in [2.05, 4.69) is 5.32 Å². The first-order valence-electron chi connectivity index (χ1n) is 7.78. The summed E-state index contributed by atoms with van der Waals surface area (Å²) in [6.45, 7) is 5.82. The van der Waals surface area contributed by atoms with Crippen LogP contribution in [0.3, 0.4) is 0 Å². The van der Waals surface area contributed by atoms with Crippen LogP contribution in [0.4, 0.5) is 5.69 Å². The Hall–Kier alpha value is -2.40. The molecule has 1 amide bonds. The zero-order chi connectivity index (χ0) is 18.6. The van der Waals surface area contributed by atoms with Crippen LogP contribution < -0.4 is 19.5 Å². The fourth-order valence-electron chi connectivity index (χ4n) is 2.43. The molecular weight excluding hydrogens is 342 g/mol. The van der Waals surface area contributed by atoms with Gasteiger partial charge in [-0.25, -0.2) is 0 Å². The molecule has 0 spiro atoms. The lowest BCUT2D eigenvalue weighted by molar-refractivity contribution is -0.118. The fraction of sp³-hybridized carbons (Fsp3) is 0.316. The molecule has 0 aliphatic carbocycles. The standard InChI is InChI=1S/C19H22ClNO4/c1-11-6-7-12(2)19(13(11)3)25-10-18(22)21-15-9-16(23-4)14(20)8-17(15)24-5/h6-9H,10H2,1-5H3,(H,21,22). The molecule has 0 heterocycles. The van der Waals surface area contributed by atoms with Crippen molar-refractivity contribution in [2.24, 2.45) is 0 Å². The number of nitrogens with one attached hydrogen (secondary N) is 1. The number of aryl methyl sites for hydroxylation is 2. The van der Waals surface area contributed by atoms with Gasteiger partial charge in [-0.1, -0.05) is 23.7 Å². The number of methoxy groups -OCH3 is 2. The van der Waals surface area contributed by atoms with Crippen molar-refractivity contribution in [3.8, 4) is 17.2 Å². The SMILES string of the molecule is COc1cc(NC(=O)COc2c(C)ccc(C)c2C)c(OC)cc1Cl. The van der Waals surface area contributed by atoms with Crippen molar-refractivity contribution in [1.82, 2.24) is 0 Å². The van der Waals surface area contributed by atoms with E-state index in [1.807, 2.05) is 32.9 Å². The summed E-state index contributed by atoms with van der Waals surface area (Å²) in [6.07, 6.45) is 0. The number of rotatable bonds is 6. The van der Waals surface area contributed by atoms with Crippen LogP contribution >= 0.6 is 11.6 Å². The lowest BCUT2D eigenvalue weighted by atomic mass is 10.1. The number of carbonyl (C=O) groups is 1. The topological polar surface area (TPSA) is 56.8 Å². The Morgan fingerprint density at radius 2 is 1.68 bits per heavy atom. The lowest BCUT2D eigenvalue weighted by Gasteiger charge is -2.15. The summed E-state index contributed by atoms with van der Waals surface area (Å²) in [4.78, 5) is 12.3. The molecule has 1 N–H and O–H groups in total. The van der Waals surface area contributed by atoms with Crippen LogP contribution in [-0.2, 0) is 4.79 Å². The number of carbonyl (C=O) groups excluding carboxylic acids is 1. The zero-order valence-corrected chi connectivity index (χ0v) is 15.8. The highest BCUT2D eigenvalue weighted by Crippen LogP contribution is 2.35. The molecule has 2 rings (SSSR count). The quantitative estimate of drug-likeness (QED) is 0.831. The van der Waals surface area contributed by atoms with Crippen molar-refractivity contribution in [3.63, 3.8) is 0 Å². The molecule has 0 aliphatic heterocycles. The molecule has 2 aromatic rings. The fourth-order valence-corrected chi connectivity index (χ4v) is 2.66. The summed E-state index contributed by atoms with van der Waals surface area (Å²) in [5, 5.41) is 3.16. The van der Waals surface area contributed by atoms with E-state index >= 15 is 0 Å². The van der Waals surface area contributed by atoms with Crippen LogP contribution in [0.15, 0.2) is 24.3 Å². The van der Waals surface area contributed by atoms with Crippen molar-refractivity contribution >= 4 is 23.2 Å². The van der Waals surface area contributed by atoms with Crippen molar-refractivity contribution in [3.05, 3.63) is 46.0 Å². The van der Waals surface area contributed by atoms with Crippen LogP contribution in [-0.4, -0.2) is 26.7 Å². The van der Waals surface area contributed by atoms with E-state index in [-0.39, 0.29) is 12.5 Å². The molecule has 2 aromatic carbocycles. The molecule has 0 unspecified atom stereocenters. The Balaban J connectivity index is 2.12. The van der Waals surface area contributed by atoms with Gasteiger partial charge in [-0.05, 0) is 37.5 Å². The molecule has 0 bridgehead atoms. The van der Waals surface area contributed by atoms with Gasteiger partial charge in [0.15, 0.2) is 6.61 Å². The minimum absolute atomic E-state index is 0.112. The molecule has 0 saturated heterocycles. The van der Waals surface area contributed by atoms with Gasteiger partial charge in [-0.15, -0.1) is 0 Å². The molecule has 6 heteroatoms. The number of anilines is 1. The molecule has 0 aromatic heterocycles. The number of hydrogen-bond donors (Lipinski definition) is 1. The Bertz CT molecular complexity index is 789. The van der Waals surface area contributed by atoms with Gasteiger partial charge in [-0.2, -0.15) is 0 Å². The smallest absolute Gasteiger partial charge is 0.262 e. The molecule has 0 aliphatic rings. The van der Waals surface area contributed by atoms with Crippen LogP contribution in [0.2, 0.25) is 5.02 Å². The van der Waals surface area contributed by atoms with Crippen LogP contribution in [0.1, 0.15) is 16.7 Å². The summed E-state index contributed by atoms with van der Waals surface area (Å²) in [5.41, 5.74) is 3.60. The predicted octanol–water partition coefficient (Wildman–Crippen LogP) is 4.30. The third-order valence-corrected chi connectivity index (χ3v) is 4.26. The van der Waals surface area contributed by atoms with E-state index in [0.717, 1.165) is 22.4 Å². The van der Waals surface area contributed by atoms with Crippen LogP contribution in [0.25, 0.3) is 0 Å². The lowest BCUT2D eigenvalue weighted by Crippen LogP contribution is -2.21. The summed E-state index contributed by atoms with van der Waals surface area (Å²) < 4.78 is 16.1. The molecular formula is C19H22ClNO4. The first kappa shape index (κ1) is 18.9. The molecule has 0 radical (unpaired) electrons. The highest BCUT2D eigenvalue weighted by molar-refractivity contribution is 6.32. The van der Waals surface area contributed by atoms with E-state index in [4.69, 9.17) is 25.8 Å². The van der Waals surface area contributed by atoms with Gasteiger partial charge < -0.3 is 19.5 Å². The van der Waals surface area contributed by atoms with E-state index in [9.17, 15) is 4.79 Å². The van der Waals surface area contributed by atoms with Gasteiger partial charge in [0.2, 0.25) is 0 Å². The highest BCUT2D eigenvalue weighted by Gasteiger charge is 2.14. The number of halogens is 1. The van der Waals surface area contributed by atoms with Gasteiger partial charge in [0.1, 0.15) is 17.2 Å². The van der Waals surface area contributed by atoms with Crippen LogP contribution in [0, 0.1) is 20.8 Å². The van der Waals surface area contributed by atoms with Gasteiger partial charge in [0.25, 0.3) is 5.91 Å². The molecule has 134 valence electrons. The van der Waals surface area contributed by atoms with Crippen molar-refractivity contribution < 1.29 is 19.0 Å². The first-order chi connectivity index (χ1) is 11.9. The number of benzene rings is 2. The third-order valence-electron chi connectivity index (χ3n) is 3.97. The average molecular weight is 364 g/mol. The van der Waals surface area contributed by atoms with E-state index < -0.39 is 0 Å². The Morgan fingerprint density at radius 1 is 1.04 bits per heavy atom. The third kappa shape index (κ3) is 4.37. The minimum Gasteiger partial charge on any atom is -0.495 e. The maximum absolute atomic E-state index is 12.3. The normalized spacial score (nSPS) is 10.3. The largest absolute Gasteiger partial charge is 0.495 e. The van der Waals surface area contributed by atoms with Gasteiger partial charge in [-0.3, -0.25) is 4.79 Å². The van der Waals surface area contributed by atoms with E-state index in [1.54, 1.807) is 12.1 Å². The van der Waals surface area contributed by atoms with E-state index in [0.29, 0.717) is 22.2 Å². The molecule has 0 saturated carbocycles. The number of amides is 1. The Labute approximate surface area is 152 Å². The average Bonchev–Trinajstić information content (AvgIpc) is 2.59. The predicted molar refractivity (Wildman–Crippen MR) is 99.3 cm³/mol. The second-order valence-electron chi connectivity index (χ2n) is 5.68. The molecule has 0 fully saturated rings. The second kappa shape index (κ2) is 8.12. The number of ether oxygens (including phenoxy) is 3. The highest BCUT2D eigenvalue weighted by atomic mass is 35.5. The number of hydrogen-bond acceptors (Lipinski definition) is 4. The van der Waals surface area contributed by atoms with Crippen molar-refractivity contribution in [2.75, 3.05) is 26.1 Å². The van der Waals surface area contributed by atoms with Crippen molar-refractivity contribution in [1.29, 1.82) is 0 Å². The molecule has 5 nitrogen and oxygen atoms in total. The first-order valence-corrected chi connectivity index (χ1v) is 8.16. The zero-order valence-electron chi connectivity index (χ0n) is 15.0. The van der Waals surface area contributed by atoms with Gasteiger partial charge >= 0.3 is 0 Å². The van der Waals surface area contributed by atoms with E-state index in [1.165, 1.54) is 14.2 Å². The Morgan fingerprint density at radius 3 is 2.32 bits per heavy atom. The summed E-state index contributed by atoms with van der Waals surface area (Å²) in [5.74, 6) is 1.32. The van der Waals surface area contributed by atoms with Gasteiger partial charge in [0, 0.05) is 12.1 Å². The van der Waals surface area contributed by atoms with Crippen LogP contribution in [0.5, 0.6) is 17.2 Å². The summed E-state index contributed by atoms with van der Waals surface area (Å²) in [7, 11) is 3.01.